The fourth-order valence-electron chi connectivity index (χ4n) is 3.53. The fourth-order valence-corrected chi connectivity index (χ4v) is 4.26. The van der Waals surface area contributed by atoms with Crippen molar-refractivity contribution < 1.29 is 4.79 Å². The van der Waals surface area contributed by atoms with Gasteiger partial charge in [0.15, 0.2) is 5.82 Å². The van der Waals surface area contributed by atoms with Gasteiger partial charge in [-0.3, -0.25) is 15.3 Å². The molecule has 0 fully saturated rings. The Morgan fingerprint density at radius 2 is 2.21 bits per heavy atom. The summed E-state index contributed by atoms with van der Waals surface area (Å²) in [6.45, 7) is 1.97. The lowest BCUT2D eigenvalue weighted by Gasteiger charge is -2.35. The molecule has 0 aromatic carbocycles. The number of rotatable bonds is 4. The van der Waals surface area contributed by atoms with Crippen LogP contribution in [-0.2, 0) is 4.79 Å². The van der Waals surface area contributed by atoms with Crippen LogP contribution in [0.25, 0.3) is 0 Å². The third-order valence-corrected chi connectivity index (χ3v) is 5.72. The second kappa shape index (κ2) is 6.68. The van der Waals surface area contributed by atoms with Crippen molar-refractivity contribution in [2.45, 2.75) is 31.3 Å². The van der Waals surface area contributed by atoms with Crippen molar-refractivity contribution in [3.8, 4) is 0 Å². The van der Waals surface area contributed by atoms with Gasteiger partial charge >= 0.3 is 0 Å². The smallest absolute Gasteiger partial charge is 0.247 e. The predicted molar refractivity (Wildman–Crippen MR) is 105 cm³/mol. The van der Waals surface area contributed by atoms with Gasteiger partial charge in [0.2, 0.25) is 5.91 Å². The van der Waals surface area contributed by atoms with Crippen LogP contribution in [0.5, 0.6) is 0 Å². The number of aromatic amines is 1. The van der Waals surface area contributed by atoms with Crippen molar-refractivity contribution in [1.29, 1.82) is 0 Å². The van der Waals surface area contributed by atoms with Crippen molar-refractivity contribution >= 4 is 40.7 Å². The molecule has 3 aromatic rings. The van der Waals surface area contributed by atoms with Gasteiger partial charge in [-0.2, -0.15) is 10.2 Å². The minimum atomic E-state index is -0.377. The minimum absolute atomic E-state index is 0.0858. The van der Waals surface area contributed by atoms with E-state index in [2.05, 4.69) is 36.0 Å². The second-order valence-corrected chi connectivity index (χ2v) is 7.41. The van der Waals surface area contributed by atoms with Gasteiger partial charge in [-0.05, 0) is 6.42 Å². The first kappa shape index (κ1) is 16.8. The molecule has 0 saturated heterocycles. The van der Waals surface area contributed by atoms with Gasteiger partial charge in [0, 0.05) is 24.0 Å². The Kier molecular flexibility index (Phi) is 4.01. The number of anilines is 3. The summed E-state index contributed by atoms with van der Waals surface area (Å²) < 4.78 is 0. The van der Waals surface area contributed by atoms with Gasteiger partial charge in [0.1, 0.15) is 28.6 Å². The molecule has 3 unspecified atom stereocenters. The van der Waals surface area contributed by atoms with Crippen molar-refractivity contribution in [2.75, 3.05) is 10.2 Å². The second-order valence-electron chi connectivity index (χ2n) is 6.49. The SMILES string of the molecule is CCC1C(=O)Nc2cnc(C3C=NNC3c3nccs3)nc2N1c1cn[nH]c1. The van der Waals surface area contributed by atoms with E-state index in [0.29, 0.717) is 23.8 Å². The number of H-pyrrole nitrogens is 1. The molecule has 0 saturated carbocycles. The van der Waals surface area contributed by atoms with E-state index in [4.69, 9.17) is 4.98 Å². The van der Waals surface area contributed by atoms with E-state index in [1.54, 1.807) is 42.3 Å². The summed E-state index contributed by atoms with van der Waals surface area (Å²) in [6.07, 6.45) is 9.29. The Morgan fingerprint density at radius 1 is 1.29 bits per heavy atom. The highest BCUT2D eigenvalue weighted by molar-refractivity contribution is 7.09. The zero-order valence-electron chi connectivity index (χ0n) is 14.9. The highest BCUT2D eigenvalue weighted by Crippen LogP contribution is 2.39. The topological polar surface area (TPSA) is 124 Å². The summed E-state index contributed by atoms with van der Waals surface area (Å²) >= 11 is 1.56. The number of nitrogens with one attached hydrogen (secondary N) is 3. The summed E-state index contributed by atoms with van der Waals surface area (Å²) in [4.78, 5) is 28.2. The summed E-state index contributed by atoms with van der Waals surface area (Å²) in [7, 11) is 0. The molecule has 5 heterocycles. The number of fused-ring (bicyclic) bond motifs is 1. The molecular weight excluding hydrogens is 378 g/mol. The first-order valence-electron chi connectivity index (χ1n) is 8.90. The average molecular weight is 395 g/mol. The molecule has 0 bridgehead atoms. The molecule has 11 heteroatoms. The average Bonchev–Trinajstić information content (AvgIpc) is 3.48. The zero-order chi connectivity index (χ0) is 19.1. The summed E-state index contributed by atoms with van der Waals surface area (Å²) in [5.74, 6) is 1.03. The maximum absolute atomic E-state index is 12.6. The Labute approximate surface area is 164 Å². The van der Waals surface area contributed by atoms with Crippen LogP contribution in [0.2, 0.25) is 0 Å². The number of aromatic nitrogens is 5. The van der Waals surface area contributed by atoms with E-state index in [1.807, 2.05) is 17.2 Å². The normalized spacial score (nSPS) is 23.4. The third kappa shape index (κ3) is 2.62. The van der Waals surface area contributed by atoms with Crippen molar-refractivity contribution in [2.24, 2.45) is 5.10 Å². The van der Waals surface area contributed by atoms with Gasteiger partial charge in [0.25, 0.3) is 0 Å². The molecule has 142 valence electrons. The number of thiazole rings is 1. The molecule has 2 aliphatic rings. The van der Waals surface area contributed by atoms with Crippen molar-refractivity contribution in [1.82, 2.24) is 30.6 Å². The molecule has 0 aliphatic carbocycles. The fraction of sp³-hybridized carbons (Fsp3) is 0.294. The molecule has 3 atom stereocenters. The predicted octanol–water partition coefficient (Wildman–Crippen LogP) is 1.94. The van der Waals surface area contributed by atoms with Crippen molar-refractivity contribution in [3.63, 3.8) is 0 Å². The Bertz CT molecular complexity index is 1020. The Hall–Kier alpha value is -3.34. The number of amides is 1. The number of hydrazone groups is 1. The van der Waals surface area contributed by atoms with Crippen LogP contribution in [0.3, 0.4) is 0 Å². The molecule has 3 N–H and O–H groups in total. The van der Waals surface area contributed by atoms with Gasteiger partial charge in [-0.25, -0.2) is 15.0 Å². The summed E-state index contributed by atoms with van der Waals surface area (Å²) in [6, 6.07) is -0.487. The van der Waals surface area contributed by atoms with Crippen LogP contribution < -0.4 is 15.6 Å². The molecule has 0 radical (unpaired) electrons. The van der Waals surface area contributed by atoms with E-state index >= 15 is 0 Å². The number of hydrogen-bond acceptors (Lipinski definition) is 9. The molecule has 1 amide bonds. The first-order chi connectivity index (χ1) is 13.8. The Morgan fingerprint density at radius 3 is 2.96 bits per heavy atom. The molecule has 5 rings (SSSR count). The third-order valence-electron chi connectivity index (χ3n) is 4.86. The van der Waals surface area contributed by atoms with E-state index in [-0.39, 0.29) is 23.9 Å². The lowest BCUT2D eigenvalue weighted by atomic mass is 10.0. The lowest BCUT2D eigenvalue weighted by molar-refractivity contribution is -0.117. The number of hydrogen-bond donors (Lipinski definition) is 3. The molecule has 10 nitrogen and oxygen atoms in total. The maximum Gasteiger partial charge on any atom is 0.247 e. The highest BCUT2D eigenvalue weighted by Gasteiger charge is 2.37. The quantitative estimate of drug-likeness (QED) is 0.617. The summed E-state index contributed by atoms with van der Waals surface area (Å²) in [5.41, 5.74) is 4.45. The van der Waals surface area contributed by atoms with Gasteiger partial charge < -0.3 is 10.2 Å². The minimum Gasteiger partial charge on any atom is -0.320 e. The molecule has 28 heavy (non-hydrogen) atoms. The number of carbonyl (C=O) groups is 1. The van der Waals surface area contributed by atoms with Gasteiger partial charge in [-0.15, -0.1) is 11.3 Å². The van der Waals surface area contributed by atoms with Crippen LogP contribution in [-0.4, -0.2) is 43.3 Å². The maximum atomic E-state index is 12.6. The van der Waals surface area contributed by atoms with E-state index < -0.39 is 0 Å². The molecule has 2 aliphatic heterocycles. The lowest BCUT2D eigenvalue weighted by Crippen LogP contribution is -2.45. The highest BCUT2D eigenvalue weighted by atomic mass is 32.1. The molecular formula is C17H17N9OS. The first-order valence-corrected chi connectivity index (χ1v) is 9.78. The zero-order valence-corrected chi connectivity index (χ0v) is 15.7. The van der Waals surface area contributed by atoms with Crippen LogP contribution in [0.4, 0.5) is 17.2 Å². The largest absolute Gasteiger partial charge is 0.320 e. The monoisotopic (exact) mass is 395 g/mol. The van der Waals surface area contributed by atoms with Gasteiger partial charge in [-0.1, -0.05) is 6.92 Å². The van der Waals surface area contributed by atoms with E-state index in [1.165, 1.54) is 0 Å². The van der Waals surface area contributed by atoms with Crippen LogP contribution in [0.1, 0.15) is 36.1 Å². The van der Waals surface area contributed by atoms with E-state index in [0.717, 1.165) is 10.7 Å². The molecule has 3 aromatic heterocycles. The van der Waals surface area contributed by atoms with Crippen molar-refractivity contribution in [3.05, 3.63) is 41.0 Å². The van der Waals surface area contributed by atoms with Crippen LogP contribution >= 0.6 is 11.3 Å². The van der Waals surface area contributed by atoms with E-state index in [9.17, 15) is 4.79 Å². The van der Waals surface area contributed by atoms with Crippen LogP contribution in [0, 0.1) is 0 Å². The van der Waals surface area contributed by atoms with Crippen LogP contribution in [0.15, 0.2) is 35.3 Å². The van der Waals surface area contributed by atoms with Gasteiger partial charge in [0.05, 0.1) is 24.0 Å². The summed E-state index contributed by atoms with van der Waals surface area (Å²) in [5, 5.41) is 16.8. The number of nitrogens with zero attached hydrogens (tertiary/aromatic N) is 6. The number of carbonyl (C=O) groups excluding carboxylic acids is 1. The standard InChI is InChI=1S/C17H17N9OS/c1-2-12-16(27)23-11-8-19-14(24-15(11)26(12)9-5-20-21-6-9)10-7-22-25-13(10)17-18-3-4-28-17/h3-8,10,12-13,25H,2H2,1H3,(H,20,21)(H,23,27). The molecule has 0 spiro atoms. The Balaban J connectivity index is 1.58.